The first-order valence-corrected chi connectivity index (χ1v) is 10.9. The van der Waals surface area contributed by atoms with Gasteiger partial charge < -0.3 is 15.1 Å². The predicted molar refractivity (Wildman–Crippen MR) is 116 cm³/mol. The van der Waals surface area contributed by atoms with Gasteiger partial charge in [0.2, 0.25) is 10.0 Å². The molecule has 2 amide bonds. The zero-order chi connectivity index (χ0) is 21.9. The molecule has 0 bridgehead atoms. The van der Waals surface area contributed by atoms with Crippen molar-refractivity contribution in [2.45, 2.75) is 4.90 Å². The van der Waals surface area contributed by atoms with E-state index < -0.39 is 21.8 Å². The summed E-state index contributed by atoms with van der Waals surface area (Å²) in [5.74, 6) is -0.790. The third-order valence-electron chi connectivity index (χ3n) is 4.05. The summed E-state index contributed by atoms with van der Waals surface area (Å²) in [5, 5.41) is 5.32. The number of carbonyl (C=O) groups excluding carboxylic acids is 2. The van der Waals surface area contributed by atoms with E-state index in [4.69, 9.17) is 4.42 Å². The summed E-state index contributed by atoms with van der Waals surface area (Å²) in [4.78, 5) is 24.9. The molecule has 0 spiro atoms. The fourth-order valence-electron chi connectivity index (χ4n) is 2.52. The SMILES string of the molecule is CN(C)S(=O)(=O)c1cccc(NC(=O)c2cccc(NC(=O)c3ccc(Br)o3)c2)c1. The van der Waals surface area contributed by atoms with Gasteiger partial charge >= 0.3 is 0 Å². The topological polar surface area (TPSA) is 109 Å². The third-order valence-corrected chi connectivity index (χ3v) is 6.29. The van der Waals surface area contributed by atoms with Crippen LogP contribution in [0.4, 0.5) is 11.4 Å². The molecule has 3 aromatic rings. The molecule has 156 valence electrons. The molecule has 1 heterocycles. The van der Waals surface area contributed by atoms with Gasteiger partial charge in [-0.3, -0.25) is 9.59 Å². The highest BCUT2D eigenvalue weighted by atomic mass is 79.9. The molecular weight excluding hydrogens is 474 g/mol. The van der Waals surface area contributed by atoms with E-state index in [0.717, 1.165) is 4.31 Å². The van der Waals surface area contributed by atoms with Gasteiger partial charge in [-0.2, -0.15) is 0 Å². The Hall–Kier alpha value is -2.95. The van der Waals surface area contributed by atoms with Crippen LogP contribution in [0, 0.1) is 0 Å². The van der Waals surface area contributed by atoms with Crippen molar-refractivity contribution in [3.8, 4) is 0 Å². The smallest absolute Gasteiger partial charge is 0.291 e. The molecule has 0 radical (unpaired) electrons. The first-order chi connectivity index (χ1) is 14.2. The standard InChI is InChI=1S/C20H18BrN3O5S/c1-24(2)30(27,28)16-8-4-7-15(12-16)22-19(25)13-5-3-6-14(11-13)23-20(26)17-9-10-18(21)29-17/h3-12H,1-2H3,(H,22,25)(H,23,26). The Labute approximate surface area is 182 Å². The summed E-state index contributed by atoms with van der Waals surface area (Å²) in [6.07, 6.45) is 0. The maximum atomic E-state index is 12.6. The van der Waals surface area contributed by atoms with E-state index in [1.807, 2.05) is 0 Å². The summed E-state index contributed by atoms with van der Waals surface area (Å²) in [5.41, 5.74) is 1.02. The first-order valence-electron chi connectivity index (χ1n) is 8.67. The monoisotopic (exact) mass is 491 g/mol. The molecule has 3 rings (SSSR count). The van der Waals surface area contributed by atoms with Crippen LogP contribution in [0.3, 0.4) is 0 Å². The predicted octanol–water partition coefficient (Wildman–Crippen LogP) is 3.80. The van der Waals surface area contributed by atoms with Gasteiger partial charge in [-0.15, -0.1) is 0 Å². The van der Waals surface area contributed by atoms with E-state index in [9.17, 15) is 18.0 Å². The van der Waals surface area contributed by atoms with Crippen LogP contribution in [0.25, 0.3) is 0 Å². The number of sulfonamides is 1. The van der Waals surface area contributed by atoms with Crippen molar-refractivity contribution in [1.82, 2.24) is 4.31 Å². The Balaban J connectivity index is 1.75. The van der Waals surface area contributed by atoms with Crippen molar-refractivity contribution in [2.75, 3.05) is 24.7 Å². The molecule has 0 unspecified atom stereocenters. The molecule has 0 saturated carbocycles. The normalized spacial score (nSPS) is 11.3. The average molecular weight is 492 g/mol. The van der Waals surface area contributed by atoms with Gasteiger partial charge in [0.1, 0.15) is 0 Å². The van der Waals surface area contributed by atoms with E-state index in [-0.39, 0.29) is 16.2 Å². The molecule has 0 aliphatic rings. The van der Waals surface area contributed by atoms with Gasteiger partial charge in [0.25, 0.3) is 11.8 Å². The van der Waals surface area contributed by atoms with Crippen molar-refractivity contribution < 1.29 is 22.4 Å². The zero-order valence-electron chi connectivity index (χ0n) is 16.0. The maximum Gasteiger partial charge on any atom is 0.291 e. The number of hydrogen-bond donors (Lipinski definition) is 2. The van der Waals surface area contributed by atoms with Crippen LogP contribution in [0.2, 0.25) is 0 Å². The molecule has 2 aromatic carbocycles. The van der Waals surface area contributed by atoms with Gasteiger partial charge in [0.05, 0.1) is 4.90 Å². The molecule has 0 aliphatic carbocycles. The second kappa shape index (κ2) is 8.82. The third kappa shape index (κ3) is 4.96. The minimum atomic E-state index is -3.62. The Morgan fingerprint density at radius 3 is 2.17 bits per heavy atom. The number of furan rings is 1. The lowest BCUT2D eigenvalue weighted by Gasteiger charge is -2.13. The Kier molecular flexibility index (Phi) is 6.40. The van der Waals surface area contributed by atoms with Gasteiger partial charge in [0, 0.05) is 31.0 Å². The van der Waals surface area contributed by atoms with E-state index in [0.29, 0.717) is 16.0 Å². The minimum absolute atomic E-state index is 0.0657. The largest absolute Gasteiger partial charge is 0.444 e. The number of nitrogens with zero attached hydrogens (tertiary/aromatic N) is 1. The highest BCUT2D eigenvalue weighted by molar-refractivity contribution is 9.10. The Morgan fingerprint density at radius 2 is 1.53 bits per heavy atom. The summed E-state index contributed by atoms with van der Waals surface area (Å²) in [7, 11) is -0.758. The van der Waals surface area contributed by atoms with Crippen molar-refractivity contribution in [3.05, 3.63) is 76.7 Å². The van der Waals surface area contributed by atoms with Crippen LogP contribution < -0.4 is 10.6 Å². The Bertz CT molecular complexity index is 1200. The van der Waals surface area contributed by atoms with Crippen molar-refractivity contribution >= 4 is 49.1 Å². The minimum Gasteiger partial charge on any atom is -0.444 e. The molecular formula is C20H18BrN3O5S. The second-order valence-corrected chi connectivity index (χ2v) is 9.34. The molecule has 8 nitrogen and oxygen atoms in total. The second-order valence-electron chi connectivity index (χ2n) is 6.41. The number of anilines is 2. The summed E-state index contributed by atoms with van der Waals surface area (Å²) in [6.45, 7) is 0. The summed E-state index contributed by atoms with van der Waals surface area (Å²) in [6, 6.07) is 15.4. The fraction of sp³-hybridized carbons (Fsp3) is 0.100. The maximum absolute atomic E-state index is 12.6. The summed E-state index contributed by atoms with van der Waals surface area (Å²) >= 11 is 3.13. The molecule has 0 fully saturated rings. The van der Waals surface area contributed by atoms with Crippen molar-refractivity contribution in [2.24, 2.45) is 0 Å². The number of halogens is 1. The van der Waals surface area contributed by atoms with Crippen molar-refractivity contribution in [3.63, 3.8) is 0 Å². The summed E-state index contributed by atoms with van der Waals surface area (Å²) < 4.78 is 31.3. The lowest BCUT2D eigenvalue weighted by atomic mass is 10.1. The van der Waals surface area contributed by atoms with Gasteiger partial charge in [0.15, 0.2) is 10.4 Å². The molecule has 0 saturated heterocycles. The fourth-order valence-corrected chi connectivity index (χ4v) is 3.77. The van der Waals surface area contributed by atoms with E-state index in [1.54, 1.807) is 36.4 Å². The molecule has 10 heteroatoms. The van der Waals surface area contributed by atoms with Crippen LogP contribution in [-0.4, -0.2) is 38.6 Å². The number of hydrogen-bond acceptors (Lipinski definition) is 5. The molecule has 1 aromatic heterocycles. The number of amides is 2. The van der Waals surface area contributed by atoms with Gasteiger partial charge in [-0.1, -0.05) is 12.1 Å². The first kappa shape index (κ1) is 21.8. The molecule has 2 N–H and O–H groups in total. The van der Waals surface area contributed by atoms with Crippen LogP contribution in [0.15, 0.2) is 74.6 Å². The highest BCUT2D eigenvalue weighted by Crippen LogP contribution is 2.20. The van der Waals surface area contributed by atoms with Gasteiger partial charge in [-0.25, -0.2) is 12.7 Å². The number of nitrogens with one attached hydrogen (secondary N) is 2. The molecule has 30 heavy (non-hydrogen) atoms. The van der Waals surface area contributed by atoms with Crippen LogP contribution in [0.5, 0.6) is 0 Å². The van der Waals surface area contributed by atoms with Crippen molar-refractivity contribution in [1.29, 1.82) is 0 Å². The van der Waals surface area contributed by atoms with E-state index in [2.05, 4.69) is 26.6 Å². The number of carbonyl (C=O) groups is 2. The Morgan fingerprint density at radius 1 is 0.900 bits per heavy atom. The van der Waals surface area contributed by atoms with Crippen LogP contribution >= 0.6 is 15.9 Å². The highest BCUT2D eigenvalue weighted by Gasteiger charge is 2.18. The zero-order valence-corrected chi connectivity index (χ0v) is 18.5. The molecule has 0 atom stereocenters. The van der Waals surface area contributed by atoms with E-state index >= 15 is 0 Å². The average Bonchev–Trinajstić information content (AvgIpc) is 3.15. The lowest BCUT2D eigenvalue weighted by molar-refractivity contribution is 0.0992. The molecule has 0 aliphatic heterocycles. The van der Waals surface area contributed by atoms with Gasteiger partial charge in [-0.05, 0) is 64.5 Å². The lowest BCUT2D eigenvalue weighted by Crippen LogP contribution is -2.22. The number of rotatable bonds is 6. The number of benzene rings is 2. The quantitative estimate of drug-likeness (QED) is 0.544. The van der Waals surface area contributed by atoms with E-state index in [1.165, 1.54) is 38.4 Å². The van der Waals surface area contributed by atoms with Crippen LogP contribution in [0.1, 0.15) is 20.9 Å². The van der Waals surface area contributed by atoms with Crippen LogP contribution in [-0.2, 0) is 10.0 Å².